The summed E-state index contributed by atoms with van der Waals surface area (Å²) >= 11 is 6.53. The molecule has 0 bridgehead atoms. The molecular weight excluding hydrogens is 592 g/mol. The highest BCUT2D eigenvalue weighted by Gasteiger charge is 2.20. The van der Waals surface area contributed by atoms with E-state index in [0.717, 1.165) is 0 Å². The lowest BCUT2D eigenvalue weighted by Crippen LogP contribution is -2.13. The third-order valence-electron chi connectivity index (χ3n) is 4.31. The van der Waals surface area contributed by atoms with Gasteiger partial charge in [-0.05, 0) is 92.0 Å². The van der Waals surface area contributed by atoms with Crippen LogP contribution in [-0.4, -0.2) is 25.4 Å². The van der Waals surface area contributed by atoms with E-state index < -0.39 is 22.0 Å². The number of halogens is 2. The van der Waals surface area contributed by atoms with Crippen molar-refractivity contribution in [2.75, 3.05) is 5.32 Å². The van der Waals surface area contributed by atoms with Crippen molar-refractivity contribution < 1.29 is 27.3 Å². The zero-order chi connectivity index (χ0) is 24.9. The first-order chi connectivity index (χ1) is 16.1. The highest BCUT2D eigenvalue weighted by Crippen LogP contribution is 2.37. The lowest BCUT2D eigenvalue weighted by molar-refractivity contribution is -0.112. The monoisotopic (exact) mass is 604 g/mol. The van der Waals surface area contributed by atoms with Crippen LogP contribution in [0.25, 0.3) is 6.08 Å². The number of nitrogens with zero attached hydrogens (tertiary/aromatic N) is 1. The number of anilines is 1. The minimum Gasteiger partial charge on any atom is -0.478 e. The Balaban J connectivity index is 1.83. The van der Waals surface area contributed by atoms with Gasteiger partial charge in [-0.1, -0.05) is 18.2 Å². The number of carbonyl (C=O) groups is 2. The molecule has 3 aromatic carbocycles. The Labute approximate surface area is 211 Å². The van der Waals surface area contributed by atoms with E-state index in [2.05, 4.69) is 37.2 Å². The summed E-state index contributed by atoms with van der Waals surface area (Å²) in [6.45, 7) is 0. The average Bonchev–Trinajstić information content (AvgIpc) is 2.80. The smallest absolute Gasteiger partial charge is 0.339 e. The average molecular weight is 606 g/mol. The van der Waals surface area contributed by atoms with Gasteiger partial charge in [-0.25, -0.2) is 4.79 Å². The van der Waals surface area contributed by atoms with Gasteiger partial charge in [-0.2, -0.15) is 13.7 Å². The fourth-order valence-corrected chi connectivity index (χ4v) is 5.28. The van der Waals surface area contributed by atoms with Crippen molar-refractivity contribution in [1.82, 2.24) is 0 Å². The Kier molecular flexibility index (Phi) is 7.88. The van der Waals surface area contributed by atoms with Crippen molar-refractivity contribution >= 4 is 65.6 Å². The van der Waals surface area contributed by atoms with Gasteiger partial charge in [-0.15, -0.1) is 0 Å². The number of nitriles is 1. The number of hydrogen-bond acceptors (Lipinski definition) is 6. The number of benzene rings is 3. The number of carboxylic acids is 1. The first-order valence-electron chi connectivity index (χ1n) is 9.36. The summed E-state index contributed by atoms with van der Waals surface area (Å²) < 4.78 is 30.9. The van der Waals surface area contributed by atoms with Gasteiger partial charge in [0, 0.05) is 5.69 Å². The van der Waals surface area contributed by atoms with Crippen molar-refractivity contribution in [3.63, 3.8) is 0 Å². The number of rotatable bonds is 7. The van der Waals surface area contributed by atoms with Crippen molar-refractivity contribution in [3.05, 3.63) is 92.4 Å². The van der Waals surface area contributed by atoms with Crippen molar-refractivity contribution in [2.45, 2.75) is 4.90 Å². The molecule has 11 heteroatoms. The largest absolute Gasteiger partial charge is 0.478 e. The summed E-state index contributed by atoms with van der Waals surface area (Å²) in [5.41, 5.74) is 0.552. The van der Waals surface area contributed by atoms with Crippen LogP contribution in [0.4, 0.5) is 5.69 Å². The molecule has 172 valence electrons. The second kappa shape index (κ2) is 10.6. The molecule has 0 heterocycles. The van der Waals surface area contributed by atoms with Crippen molar-refractivity contribution in [3.8, 4) is 11.8 Å². The van der Waals surface area contributed by atoms with Crippen LogP contribution in [0.5, 0.6) is 5.75 Å². The van der Waals surface area contributed by atoms with E-state index in [-0.39, 0.29) is 30.7 Å². The molecule has 0 saturated carbocycles. The third-order valence-corrected chi connectivity index (χ3v) is 6.73. The lowest BCUT2D eigenvalue weighted by Gasteiger charge is -2.11. The highest BCUT2D eigenvalue weighted by atomic mass is 79.9. The van der Waals surface area contributed by atoms with E-state index in [1.807, 2.05) is 6.07 Å². The van der Waals surface area contributed by atoms with Crippen LogP contribution in [0.15, 0.2) is 86.1 Å². The van der Waals surface area contributed by atoms with Gasteiger partial charge < -0.3 is 14.6 Å². The lowest BCUT2D eigenvalue weighted by atomic mass is 10.1. The molecule has 0 spiro atoms. The first-order valence-corrected chi connectivity index (χ1v) is 12.4. The van der Waals surface area contributed by atoms with E-state index in [1.165, 1.54) is 54.6 Å². The maximum atomic E-state index is 12.5. The van der Waals surface area contributed by atoms with E-state index in [9.17, 15) is 23.3 Å². The van der Waals surface area contributed by atoms with Gasteiger partial charge in [0.05, 0.1) is 14.5 Å². The van der Waals surface area contributed by atoms with Gasteiger partial charge in [0.25, 0.3) is 5.91 Å². The molecule has 0 atom stereocenters. The quantitative estimate of drug-likeness (QED) is 0.214. The van der Waals surface area contributed by atoms with E-state index >= 15 is 0 Å². The minimum absolute atomic E-state index is 0.00230. The number of hydrogen-bond donors (Lipinski definition) is 2. The first kappa shape index (κ1) is 25.2. The highest BCUT2D eigenvalue weighted by molar-refractivity contribution is 9.11. The Morgan fingerprint density at radius 2 is 1.59 bits per heavy atom. The molecule has 0 unspecified atom stereocenters. The predicted octanol–water partition coefficient (Wildman–Crippen LogP) is 5.22. The topological polar surface area (TPSA) is 134 Å². The van der Waals surface area contributed by atoms with Crippen LogP contribution in [0, 0.1) is 11.3 Å². The maximum absolute atomic E-state index is 12.5. The molecule has 3 aromatic rings. The Morgan fingerprint density at radius 3 is 2.12 bits per heavy atom. The van der Waals surface area contributed by atoms with E-state index in [1.54, 1.807) is 18.2 Å². The standard InChI is InChI=1S/C23H14Br2N2O6S/c24-19-11-14(12-20(25)21(19)33-34(31,32)18-4-2-1-3-5-18)10-16(13-26)22(28)27-17-8-6-15(7-9-17)23(29)30/h1-12H,(H,27,28)(H,29,30)/b16-10+. The summed E-state index contributed by atoms with van der Waals surface area (Å²) in [6.07, 6.45) is 1.31. The summed E-state index contributed by atoms with van der Waals surface area (Å²) in [5.74, 6) is -1.80. The van der Waals surface area contributed by atoms with Crippen LogP contribution in [0.2, 0.25) is 0 Å². The Morgan fingerprint density at radius 1 is 1.00 bits per heavy atom. The summed E-state index contributed by atoms with van der Waals surface area (Å²) in [5, 5.41) is 20.9. The van der Waals surface area contributed by atoms with Gasteiger partial charge >= 0.3 is 16.1 Å². The van der Waals surface area contributed by atoms with E-state index in [4.69, 9.17) is 9.29 Å². The summed E-state index contributed by atoms with van der Waals surface area (Å²) in [6, 6.07) is 17.9. The van der Waals surface area contributed by atoms with Crippen LogP contribution in [-0.2, 0) is 14.9 Å². The number of carbonyl (C=O) groups excluding carboxylic acids is 1. The second-order valence-electron chi connectivity index (χ2n) is 6.67. The molecule has 0 radical (unpaired) electrons. The molecule has 2 N–H and O–H groups in total. The number of amides is 1. The number of carboxylic acid groups (broad SMARTS) is 1. The van der Waals surface area contributed by atoms with Crippen LogP contribution in [0.1, 0.15) is 15.9 Å². The zero-order valence-electron chi connectivity index (χ0n) is 17.0. The molecule has 3 rings (SSSR count). The van der Waals surface area contributed by atoms with Crippen LogP contribution < -0.4 is 9.50 Å². The van der Waals surface area contributed by atoms with Crippen LogP contribution >= 0.6 is 31.9 Å². The van der Waals surface area contributed by atoms with Gasteiger partial charge in [0.2, 0.25) is 0 Å². The Hall–Kier alpha value is -3.46. The SMILES string of the molecule is N#C/C(=C\c1cc(Br)c(OS(=O)(=O)c2ccccc2)c(Br)c1)C(=O)Nc1ccc(C(=O)O)cc1. The minimum atomic E-state index is -4.08. The molecule has 8 nitrogen and oxygen atoms in total. The molecule has 0 aliphatic heterocycles. The predicted molar refractivity (Wildman–Crippen MR) is 132 cm³/mol. The fraction of sp³-hybridized carbons (Fsp3) is 0. The van der Waals surface area contributed by atoms with Crippen molar-refractivity contribution in [2.24, 2.45) is 0 Å². The van der Waals surface area contributed by atoms with Gasteiger partial charge in [-0.3, -0.25) is 4.79 Å². The molecule has 0 aliphatic carbocycles. The number of nitrogens with one attached hydrogen (secondary N) is 1. The molecule has 34 heavy (non-hydrogen) atoms. The number of aromatic carboxylic acids is 1. The molecule has 0 fully saturated rings. The Bertz CT molecular complexity index is 1410. The molecule has 1 amide bonds. The summed E-state index contributed by atoms with van der Waals surface area (Å²) in [4.78, 5) is 23.4. The zero-order valence-corrected chi connectivity index (χ0v) is 21.0. The molecular formula is C23H14Br2N2O6S. The molecule has 0 saturated heterocycles. The maximum Gasteiger partial charge on any atom is 0.339 e. The fourth-order valence-electron chi connectivity index (χ4n) is 2.70. The van der Waals surface area contributed by atoms with Crippen LogP contribution in [0.3, 0.4) is 0 Å². The summed E-state index contributed by atoms with van der Waals surface area (Å²) in [7, 11) is -4.08. The normalized spacial score (nSPS) is 11.4. The third kappa shape index (κ3) is 6.11. The van der Waals surface area contributed by atoms with Crippen molar-refractivity contribution in [1.29, 1.82) is 5.26 Å². The van der Waals surface area contributed by atoms with Gasteiger partial charge in [0.15, 0.2) is 5.75 Å². The molecule has 0 aliphatic rings. The van der Waals surface area contributed by atoms with Gasteiger partial charge in [0.1, 0.15) is 16.5 Å². The second-order valence-corrected chi connectivity index (χ2v) is 9.93. The molecule has 0 aromatic heterocycles. The van der Waals surface area contributed by atoms with E-state index in [0.29, 0.717) is 11.3 Å².